The van der Waals surface area contributed by atoms with Gasteiger partial charge in [-0.3, -0.25) is 9.69 Å². The minimum absolute atomic E-state index is 0.0422. The van der Waals surface area contributed by atoms with Gasteiger partial charge in [-0.1, -0.05) is 6.92 Å². The van der Waals surface area contributed by atoms with Gasteiger partial charge < -0.3 is 9.84 Å². The largest absolute Gasteiger partial charge is 0.481 e. The molecule has 0 radical (unpaired) electrons. The lowest BCUT2D eigenvalue weighted by molar-refractivity contribution is -0.140. The second-order valence-electron chi connectivity index (χ2n) is 4.45. The van der Waals surface area contributed by atoms with Crippen molar-refractivity contribution in [1.29, 1.82) is 0 Å². The van der Waals surface area contributed by atoms with Crippen LogP contribution in [0.15, 0.2) is 0 Å². The molecule has 18 heavy (non-hydrogen) atoms. The topological polar surface area (TPSA) is 83.9 Å². The van der Waals surface area contributed by atoms with E-state index in [2.05, 4.69) is 0 Å². The summed E-state index contributed by atoms with van der Waals surface area (Å²) < 4.78 is 28.0. The first-order valence-electron chi connectivity index (χ1n) is 6.18. The van der Waals surface area contributed by atoms with Crippen LogP contribution >= 0.6 is 0 Å². The van der Waals surface area contributed by atoms with Crippen LogP contribution < -0.4 is 0 Å². The zero-order chi connectivity index (χ0) is 13.6. The summed E-state index contributed by atoms with van der Waals surface area (Å²) >= 11 is 0. The zero-order valence-electron chi connectivity index (χ0n) is 10.7. The van der Waals surface area contributed by atoms with Crippen LogP contribution in [0.1, 0.15) is 19.8 Å². The molecule has 7 heteroatoms. The molecule has 1 unspecified atom stereocenters. The number of ether oxygens (including phenoxy) is 1. The molecule has 0 saturated carbocycles. The Balaban J connectivity index is 2.40. The van der Waals surface area contributed by atoms with Gasteiger partial charge in [0.05, 0.1) is 25.4 Å². The Morgan fingerprint density at radius 3 is 2.83 bits per heavy atom. The monoisotopic (exact) mass is 279 g/mol. The summed E-state index contributed by atoms with van der Waals surface area (Å²) in [5.74, 6) is -0.522. The smallest absolute Gasteiger partial charge is 0.305 e. The molecule has 106 valence electrons. The van der Waals surface area contributed by atoms with Crippen LogP contribution in [0, 0.1) is 0 Å². The Morgan fingerprint density at radius 1 is 1.50 bits per heavy atom. The molecule has 0 aromatic carbocycles. The van der Waals surface area contributed by atoms with Crippen molar-refractivity contribution in [2.75, 3.05) is 37.8 Å². The highest BCUT2D eigenvalue weighted by Gasteiger charge is 2.25. The van der Waals surface area contributed by atoms with Crippen molar-refractivity contribution in [2.45, 2.75) is 25.8 Å². The molecule has 0 amide bonds. The van der Waals surface area contributed by atoms with Crippen LogP contribution in [-0.2, 0) is 19.4 Å². The molecule has 6 nitrogen and oxygen atoms in total. The van der Waals surface area contributed by atoms with Crippen molar-refractivity contribution in [1.82, 2.24) is 4.90 Å². The molecule has 0 bridgehead atoms. The van der Waals surface area contributed by atoms with E-state index in [4.69, 9.17) is 9.84 Å². The Bertz CT molecular complexity index is 368. The van der Waals surface area contributed by atoms with E-state index < -0.39 is 15.8 Å². The lowest BCUT2D eigenvalue weighted by atomic mass is 10.1. The van der Waals surface area contributed by atoms with E-state index in [1.54, 1.807) is 6.92 Å². The van der Waals surface area contributed by atoms with E-state index >= 15 is 0 Å². The number of nitrogens with zero attached hydrogens (tertiary/aromatic N) is 1. The second-order valence-corrected chi connectivity index (χ2v) is 6.93. The van der Waals surface area contributed by atoms with Gasteiger partial charge in [0.25, 0.3) is 0 Å². The molecule has 1 rings (SSSR count). The molecule has 1 atom stereocenters. The predicted molar refractivity (Wildman–Crippen MR) is 67.4 cm³/mol. The van der Waals surface area contributed by atoms with E-state index in [0.29, 0.717) is 32.7 Å². The molecule has 0 aliphatic carbocycles. The minimum atomic E-state index is -2.94. The summed E-state index contributed by atoms with van der Waals surface area (Å²) in [5.41, 5.74) is 0. The van der Waals surface area contributed by atoms with Crippen molar-refractivity contribution >= 4 is 15.8 Å². The third-order valence-electron chi connectivity index (χ3n) is 3.10. The first-order chi connectivity index (χ1) is 8.44. The fraction of sp³-hybridized carbons (Fsp3) is 0.909. The van der Waals surface area contributed by atoms with Crippen molar-refractivity contribution in [2.24, 2.45) is 0 Å². The average Bonchev–Trinajstić information content (AvgIpc) is 2.30. The van der Waals surface area contributed by atoms with Crippen LogP contribution in [-0.4, -0.2) is 68.2 Å². The zero-order valence-corrected chi connectivity index (χ0v) is 11.5. The van der Waals surface area contributed by atoms with Crippen molar-refractivity contribution in [3.05, 3.63) is 0 Å². The van der Waals surface area contributed by atoms with E-state index in [9.17, 15) is 13.2 Å². The van der Waals surface area contributed by atoms with Gasteiger partial charge in [0.1, 0.15) is 9.84 Å². The molecule has 1 aliphatic rings. The maximum absolute atomic E-state index is 11.4. The van der Waals surface area contributed by atoms with Crippen molar-refractivity contribution in [3.63, 3.8) is 0 Å². The van der Waals surface area contributed by atoms with Crippen molar-refractivity contribution in [3.8, 4) is 0 Å². The molecule has 0 aromatic heterocycles. The van der Waals surface area contributed by atoms with Crippen LogP contribution in [0.3, 0.4) is 0 Å². The van der Waals surface area contributed by atoms with Gasteiger partial charge in [0.15, 0.2) is 0 Å². The highest BCUT2D eigenvalue weighted by Crippen LogP contribution is 2.11. The van der Waals surface area contributed by atoms with Gasteiger partial charge in [-0.2, -0.15) is 0 Å². The molecular formula is C11H21NO5S. The molecule has 0 spiro atoms. The number of aliphatic carboxylic acids is 1. The highest BCUT2D eigenvalue weighted by molar-refractivity contribution is 7.91. The highest BCUT2D eigenvalue weighted by atomic mass is 32.2. The minimum Gasteiger partial charge on any atom is -0.481 e. The first kappa shape index (κ1) is 15.4. The normalized spacial score (nSPS) is 21.9. The molecule has 0 aromatic rings. The fourth-order valence-electron chi connectivity index (χ4n) is 2.01. The number of carboxylic acid groups (broad SMARTS) is 1. The van der Waals surface area contributed by atoms with Crippen LogP contribution in [0.4, 0.5) is 0 Å². The van der Waals surface area contributed by atoms with Gasteiger partial charge in [-0.15, -0.1) is 0 Å². The molecule has 1 aliphatic heterocycles. The second kappa shape index (κ2) is 7.06. The standard InChI is InChI=1S/C11H21NO5S/c1-2-18(15,16)7-3-4-12-5-6-17-9-10(12)8-11(13)14/h10H,2-9H2,1H3,(H,13,14). The fourth-order valence-corrected chi connectivity index (χ4v) is 2.86. The van der Waals surface area contributed by atoms with Gasteiger partial charge in [-0.25, -0.2) is 8.42 Å². The molecule has 1 fully saturated rings. The van der Waals surface area contributed by atoms with Crippen LogP contribution in [0.2, 0.25) is 0 Å². The van der Waals surface area contributed by atoms with E-state index in [1.165, 1.54) is 0 Å². The Morgan fingerprint density at radius 2 is 2.22 bits per heavy atom. The van der Waals surface area contributed by atoms with Gasteiger partial charge in [0, 0.05) is 18.3 Å². The van der Waals surface area contributed by atoms with Crippen LogP contribution in [0.25, 0.3) is 0 Å². The third kappa shape index (κ3) is 5.32. The number of rotatable bonds is 7. The van der Waals surface area contributed by atoms with E-state index in [1.807, 2.05) is 4.90 Å². The maximum atomic E-state index is 11.4. The third-order valence-corrected chi connectivity index (χ3v) is 4.89. The van der Waals surface area contributed by atoms with Gasteiger partial charge in [0.2, 0.25) is 0 Å². The Labute approximate surface area is 108 Å². The summed E-state index contributed by atoms with van der Waals surface area (Å²) in [7, 11) is -2.94. The predicted octanol–water partition coefficient (Wildman–Crippen LogP) is -0.0133. The summed E-state index contributed by atoms with van der Waals surface area (Å²) in [6.45, 7) is 3.91. The quantitative estimate of drug-likeness (QED) is 0.705. The molecule has 1 N–H and O–H groups in total. The van der Waals surface area contributed by atoms with Crippen LogP contribution in [0.5, 0.6) is 0 Å². The maximum Gasteiger partial charge on any atom is 0.305 e. The first-order valence-corrected chi connectivity index (χ1v) is 8.00. The van der Waals surface area contributed by atoms with Gasteiger partial charge in [-0.05, 0) is 13.0 Å². The SMILES string of the molecule is CCS(=O)(=O)CCCN1CCOCC1CC(=O)O. The summed E-state index contributed by atoms with van der Waals surface area (Å²) in [4.78, 5) is 12.7. The lowest BCUT2D eigenvalue weighted by Gasteiger charge is -2.34. The number of hydrogen-bond acceptors (Lipinski definition) is 5. The van der Waals surface area contributed by atoms with E-state index in [-0.39, 0.29) is 24.0 Å². The average molecular weight is 279 g/mol. The Hall–Kier alpha value is -0.660. The van der Waals surface area contributed by atoms with Gasteiger partial charge >= 0.3 is 5.97 Å². The molecule has 1 heterocycles. The number of carboxylic acids is 1. The summed E-state index contributed by atoms with van der Waals surface area (Å²) in [5, 5.41) is 8.80. The number of morpholine rings is 1. The molecule has 1 saturated heterocycles. The summed E-state index contributed by atoms with van der Waals surface area (Å²) in [6, 6.07) is -0.138. The molecular weight excluding hydrogens is 258 g/mol. The summed E-state index contributed by atoms with van der Waals surface area (Å²) in [6.07, 6.45) is 0.590. The van der Waals surface area contributed by atoms with E-state index in [0.717, 1.165) is 0 Å². The number of carbonyl (C=O) groups is 1. The number of sulfone groups is 1. The number of hydrogen-bond donors (Lipinski definition) is 1. The Kier molecular flexibility index (Phi) is 6.04. The lowest BCUT2D eigenvalue weighted by Crippen LogP contribution is -2.47. The van der Waals surface area contributed by atoms with Crippen molar-refractivity contribution < 1.29 is 23.1 Å².